The summed E-state index contributed by atoms with van der Waals surface area (Å²) in [6, 6.07) is 8.68. The number of hydrogen-bond donors (Lipinski definition) is 2. The predicted octanol–water partition coefficient (Wildman–Crippen LogP) is 2.26. The summed E-state index contributed by atoms with van der Waals surface area (Å²) in [7, 11) is -2.28. The van der Waals surface area contributed by atoms with E-state index in [0.29, 0.717) is 10.2 Å². The minimum absolute atomic E-state index is 0.00313. The Morgan fingerprint density at radius 3 is 2.67 bits per heavy atom. The van der Waals surface area contributed by atoms with Gasteiger partial charge in [-0.25, -0.2) is 19.2 Å². The molecule has 2 rings (SSSR count). The lowest BCUT2D eigenvalue weighted by Gasteiger charge is -2.21. The molecule has 6 nitrogen and oxygen atoms in total. The molecule has 8 heteroatoms. The highest BCUT2D eigenvalue weighted by molar-refractivity contribution is 9.10. The summed E-state index contributed by atoms with van der Waals surface area (Å²) in [5, 5.41) is 0. The zero-order chi connectivity index (χ0) is 15.6. The number of halogens is 1. The summed E-state index contributed by atoms with van der Waals surface area (Å²) in [6.45, 7) is 1.90. The van der Waals surface area contributed by atoms with Gasteiger partial charge >= 0.3 is 0 Å². The van der Waals surface area contributed by atoms with Gasteiger partial charge in [-0.05, 0) is 46.6 Å². The minimum atomic E-state index is -3.78. The first-order chi connectivity index (χ1) is 9.86. The van der Waals surface area contributed by atoms with E-state index in [4.69, 9.17) is 5.84 Å². The van der Waals surface area contributed by atoms with Gasteiger partial charge in [-0.1, -0.05) is 12.1 Å². The average molecular weight is 371 g/mol. The molecular formula is C13H15BrN4O2S. The Kier molecular flexibility index (Phi) is 4.50. The molecular weight excluding hydrogens is 356 g/mol. The molecule has 0 aliphatic carbocycles. The number of hydrogen-bond acceptors (Lipinski definition) is 5. The van der Waals surface area contributed by atoms with Gasteiger partial charge in [0.1, 0.15) is 4.90 Å². The van der Waals surface area contributed by atoms with Gasteiger partial charge < -0.3 is 5.43 Å². The van der Waals surface area contributed by atoms with E-state index in [1.807, 2.05) is 13.0 Å². The third kappa shape index (κ3) is 3.17. The van der Waals surface area contributed by atoms with E-state index in [9.17, 15) is 8.42 Å². The molecule has 0 saturated heterocycles. The van der Waals surface area contributed by atoms with Crippen molar-refractivity contribution in [3.8, 4) is 0 Å². The van der Waals surface area contributed by atoms with E-state index >= 15 is 0 Å². The smallest absolute Gasteiger partial charge is 0.267 e. The third-order valence-corrected chi connectivity index (χ3v) is 5.19. The molecule has 0 saturated carbocycles. The van der Waals surface area contributed by atoms with Gasteiger partial charge in [0, 0.05) is 17.7 Å². The highest BCUT2D eigenvalue weighted by atomic mass is 79.9. The zero-order valence-corrected chi connectivity index (χ0v) is 13.9. The molecule has 0 spiro atoms. The number of aromatic nitrogens is 1. The first-order valence-corrected chi connectivity index (χ1v) is 8.27. The number of anilines is 2. The summed E-state index contributed by atoms with van der Waals surface area (Å²) < 4.78 is 27.2. The molecule has 2 aromatic rings. The maximum absolute atomic E-state index is 12.7. The van der Waals surface area contributed by atoms with Gasteiger partial charge in [-0.2, -0.15) is 0 Å². The van der Waals surface area contributed by atoms with Crippen LogP contribution >= 0.6 is 15.9 Å². The van der Waals surface area contributed by atoms with Crippen LogP contribution in [0.15, 0.2) is 45.9 Å². The first-order valence-electron chi connectivity index (χ1n) is 6.04. The molecule has 21 heavy (non-hydrogen) atoms. The van der Waals surface area contributed by atoms with Crippen LogP contribution in [0.25, 0.3) is 0 Å². The van der Waals surface area contributed by atoms with Gasteiger partial charge in [0.05, 0.1) is 5.69 Å². The maximum atomic E-state index is 12.7. The van der Waals surface area contributed by atoms with Crippen LogP contribution in [0.5, 0.6) is 0 Å². The molecule has 0 radical (unpaired) electrons. The van der Waals surface area contributed by atoms with Crippen LogP contribution in [0.3, 0.4) is 0 Å². The molecule has 1 aromatic carbocycles. The zero-order valence-electron chi connectivity index (χ0n) is 11.5. The van der Waals surface area contributed by atoms with E-state index in [1.54, 1.807) is 18.2 Å². The predicted molar refractivity (Wildman–Crippen MR) is 86.5 cm³/mol. The number of rotatable bonds is 4. The second-order valence-electron chi connectivity index (χ2n) is 4.46. The van der Waals surface area contributed by atoms with E-state index < -0.39 is 10.0 Å². The van der Waals surface area contributed by atoms with Crippen molar-refractivity contribution in [1.29, 1.82) is 0 Å². The van der Waals surface area contributed by atoms with Crippen molar-refractivity contribution in [1.82, 2.24) is 4.98 Å². The number of pyridine rings is 1. The van der Waals surface area contributed by atoms with E-state index in [2.05, 4.69) is 26.3 Å². The van der Waals surface area contributed by atoms with Crippen LogP contribution in [-0.2, 0) is 10.0 Å². The lowest BCUT2D eigenvalue weighted by atomic mass is 10.2. The van der Waals surface area contributed by atoms with E-state index in [1.165, 1.54) is 23.6 Å². The molecule has 112 valence electrons. The largest absolute Gasteiger partial charge is 0.307 e. The standard InChI is InChI=1S/C13H15BrN4O2S/c1-9-4-3-5-11(6-9)18(2)21(19,20)12-7-10(14)8-16-13(12)17-15/h3-8H,15H2,1-2H3,(H,16,17). The third-order valence-electron chi connectivity index (χ3n) is 2.96. The number of benzene rings is 1. The summed E-state index contributed by atoms with van der Waals surface area (Å²) in [6.07, 6.45) is 1.47. The number of nitrogens with zero attached hydrogens (tertiary/aromatic N) is 2. The number of nitrogens with two attached hydrogens (primary N) is 1. The molecule has 0 unspecified atom stereocenters. The fourth-order valence-electron chi connectivity index (χ4n) is 1.84. The fraction of sp³-hybridized carbons (Fsp3) is 0.154. The number of aryl methyl sites for hydroxylation is 1. The Morgan fingerprint density at radius 1 is 1.33 bits per heavy atom. The highest BCUT2D eigenvalue weighted by Crippen LogP contribution is 2.28. The Hall–Kier alpha value is -1.64. The average Bonchev–Trinajstić information content (AvgIpc) is 2.46. The molecule has 1 heterocycles. The quantitative estimate of drug-likeness (QED) is 0.636. The van der Waals surface area contributed by atoms with Crippen LogP contribution in [0, 0.1) is 6.92 Å². The fourth-order valence-corrected chi connectivity index (χ4v) is 3.64. The van der Waals surface area contributed by atoms with Gasteiger partial charge in [0.2, 0.25) is 0 Å². The van der Waals surface area contributed by atoms with E-state index in [-0.39, 0.29) is 10.7 Å². The lowest BCUT2D eigenvalue weighted by molar-refractivity contribution is 0.594. The Balaban J connectivity index is 2.54. The van der Waals surface area contributed by atoms with Gasteiger partial charge in [-0.15, -0.1) is 0 Å². The van der Waals surface area contributed by atoms with E-state index in [0.717, 1.165) is 5.56 Å². The number of hydrazine groups is 1. The number of sulfonamides is 1. The SMILES string of the molecule is Cc1cccc(N(C)S(=O)(=O)c2cc(Br)cnc2NN)c1. The molecule has 0 amide bonds. The minimum Gasteiger partial charge on any atom is -0.307 e. The van der Waals surface area contributed by atoms with Crippen LogP contribution in [-0.4, -0.2) is 20.4 Å². The van der Waals surface area contributed by atoms with Crippen molar-refractivity contribution < 1.29 is 8.42 Å². The summed E-state index contributed by atoms with van der Waals surface area (Å²) >= 11 is 3.22. The van der Waals surface area contributed by atoms with Crippen LogP contribution in [0.4, 0.5) is 11.5 Å². The van der Waals surface area contributed by atoms with Gasteiger partial charge in [-0.3, -0.25) is 4.31 Å². The summed E-state index contributed by atoms with van der Waals surface area (Å²) in [5.74, 6) is 5.44. The Bertz CT molecular complexity index is 765. The van der Waals surface area contributed by atoms with Crippen molar-refractivity contribution in [3.63, 3.8) is 0 Å². The van der Waals surface area contributed by atoms with Gasteiger partial charge in [0.25, 0.3) is 10.0 Å². The van der Waals surface area contributed by atoms with Crippen molar-refractivity contribution in [2.24, 2.45) is 5.84 Å². The molecule has 1 aromatic heterocycles. The monoisotopic (exact) mass is 370 g/mol. The van der Waals surface area contributed by atoms with Gasteiger partial charge in [0.15, 0.2) is 5.82 Å². The maximum Gasteiger partial charge on any atom is 0.267 e. The normalized spacial score (nSPS) is 11.2. The number of nitrogens with one attached hydrogen (secondary N) is 1. The van der Waals surface area contributed by atoms with Crippen molar-refractivity contribution in [2.45, 2.75) is 11.8 Å². The van der Waals surface area contributed by atoms with Crippen molar-refractivity contribution >= 4 is 37.5 Å². The second kappa shape index (κ2) is 6.00. The molecule has 0 fully saturated rings. The van der Waals surface area contributed by atoms with Crippen LogP contribution in [0.1, 0.15) is 5.56 Å². The van der Waals surface area contributed by atoms with Crippen molar-refractivity contribution in [2.75, 3.05) is 16.8 Å². The molecule has 0 aliphatic rings. The Morgan fingerprint density at radius 2 is 2.05 bits per heavy atom. The lowest BCUT2D eigenvalue weighted by Crippen LogP contribution is -2.28. The van der Waals surface area contributed by atoms with Crippen molar-refractivity contribution in [3.05, 3.63) is 46.6 Å². The molecule has 3 N–H and O–H groups in total. The molecule has 0 atom stereocenters. The second-order valence-corrected chi connectivity index (χ2v) is 7.31. The highest BCUT2D eigenvalue weighted by Gasteiger charge is 2.25. The summed E-state index contributed by atoms with van der Waals surface area (Å²) in [5.41, 5.74) is 3.85. The Labute approximate surface area is 132 Å². The molecule has 0 bridgehead atoms. The molecule has 0 aliphatic heterocycles. The number of nitrogen functional groups attached to an aromatic ring is 1. The van der Waals surface area contributed by atoms with Crippen LogP contribution < -0.4 is 15.6 Å². The van der Waals surface area contributed by atoms with Crippen LogP contribution in [0.2, 0.25) is 0 Å². The first kappa shape index (κ1) is 15.7. The topological polar surface area (TPSA) is 88.3 Å². The summed E-state index contributed by atoms with van der Waals surface area (Å²) in [4.78, 5) is 3.97.